The van der Waals surface area contributed by atoms with Gasteiger partial charge in [-0.05, 0) is 20.8 Å². The lowest BCUT2D eigenvalue weighted by Crippen LogP contribution is -2.37. The molecule has 0 radical (unpaired) electrons. The molecule has 120 valence electrons. The molecule has 2 aromatic carbocycles. The van der Waals surface area contributed by atoms with E-state index in [4.69, 9.17) is 5.73 Å². The molecule has 0 saturated carbocycles. The first-order valence-corrected chi connectivity index (χ1v) is 7.46. The van der Waals surface area contributed by atoms with E-state index >= 15 is 0 Å². The van der Waals surface area contributed by atoms with Crippen LogP contribution < -0.4 is 5.73 Å². The first kappa shape index (κ1) is 15.6. The highest BCUT2D eigenvalue weighted by Gasteiger charge is 2.20. The number of hydrogen-bond acceptors (Lipinski definition) is 2. The van der Waals surface area contributed by atoms with E-state index in [0.717, 1.165) is 17.2 Å². The summed E-state index contributed by atoms with van der Waals surface area (Å²) in [5.41, 5.74) is 8.60. The van der Waals surface area contributed by atoms with Crippen LogP contribution in [-0.2, 0) is 6.54 Å². The first-order chi connectivity index (χ1) is 10.7. The Bertz CT molecular complexity index is 859. The summed E-state index contributed by atoms with van der Waals surface area (Å²) in [4.78, 5) is 4.50. The van der Waals surface area contributed by atoms with Crippen molar-refractivity contribution in [3.05, 3.63) is 53.6 Å². The molecule has 3 aromatic rings. The number of rotatable bonds is 3. The Kier molecular flexibility index (Phi) is 3.68. The molecule has 0 spiro atoms. The zero-order valence-electron chi connectivity index (χ0n) is 13.4. The number of imidazole rings is 1. The van der Waals surface area contributed by atoms with Crippen molar-refractivity contribution in [3.63, 3.8) is 0 Å². The van der Waals surface area contributed by atoms with Crippen molar-refractivity contribution >= 4 is 11.0 Å². The van der Waals surface area contributed by atoms with E-state index in [0.29, 0.717) is 23.4 Å². The summed E-state index contributed by atoms with van der Waals surface area (Å²) in [6.45, 7) is 6.22. The Labute approximate surface area is 133 Å². The molecule has 1 heterocycles. The molecule has 3 nitrogen and oxygen atoms in total. The lowest BCUT2D eigenvalue weighted by Gasteiger charge is -2.21. The molecule has 0 atom stereocenters. The smallest absolute Gasteiger partial charge is 0.161 e. The van der Waals surface area contributed by atoms with Crippen LogP contribution in [0.15, 0.2) is 36.4 Å². The fraction of sp³-hybridized carbons (Fsp3) is 0.278. The molecule has 5 heteroatoms. The lowest BCUT2D eigenvalue weighted by atomic mass is 10.1. The van der Waals surface area contributed by atoms with Crippen molar-refractivity contribution in [2.75, 3.05) is 0 Å². The molecule has 0 amide bonds. The Morgan fingerprint density at radius 2 is 1.70 bits per heavy atom. The maximum Gasteiger partial charge on any atom is 0.161 e. The Hall–Kier alpha value is -2.27. The van der Waals surface area contributed by atoms with Crippen LogP contribution in [0.5, 0.6) is 0 Å². The van der Waals surface area contributed by atoms with Crippen LogP contribution in [0.3, 0.4) is 0 Å². The molecule has 0 aliphatic rings. The Balaban J connectivity index is 2.26. The summed E-state index contributed by atoms with van der Waals surface area (Å²) in [6, 6.07) is 10.2. The molecule has 0 bridgehead atoms. The average Bonchev–Trinajstić information content (AvgIpc) is 2.77. The molecule has 0 aliphatic heterocycles. The van der Waals surface area contributed by atoms with E-state index < -0.39 is 17.2 Å². The molecule has 1 aromatic heterocycles. The maximum absolute atomic E-state index is 13.7. The van der Waals surface area contributed by atoms with E-state index in [9.17, 15) is 8.78 Å². The summed E-state index contributed by atoms with van der Waals surface area (Å²) < 4.78 is 29.1. The maximum atomic E-state index is 13.7. The van der Waals surface area contributed by atoms with E-state index in [1.807, 2.05) is 49.6 Å². The number of nitrogens with two attached hydrogens (primary N) is 1. The van der Waals surface area contributed by atoms with E-state index in [-0.39, 0.29) is 0 Å². The van der Waals surface area contributed by atoms with Gasteiger partial charge in [-0.1, -0.05) is 29.8 Å². The van der Waals surface area contributed by atoms with Crippen molar-refractivity contribution in [2.24, 2.45) is 5.73 Å². The van der Waals surface area contributed by atoms with Gasteiger partial charge in [-0.15, -0.1) is 0 Å². The minimum atomic E-state index is -0.899. The molecule has 3 rings (SSSR count). The molecular formula is C18H19F2N3. The van der Waals surface area contributed by atoms with Gasteiger partial charge in [-0.25, -0.2) is 13.8 Å². The number of aromatic nitrogens is 2. The van der Waals surface area contributed by atoms with Gasteiger partial charge in [0.05, 0.1) is 11.0 Å². The normalized spacial score (nSPS) is 12.1. The highest BCUT2D eigenvalue weighted by molar-refractivity contribution is 5.81. The zero-order chi connectivity index (χ0) is 16.8. The number of halogens is 2. The quantitative estimate of drug-likeness (QED) is 0.793. The van der Waals surface area contributed by atoms with Gasteiger partial charge in [0.15, 0.2) is 11.6 Å². The minimum absolute atomic E-state index is 0.420. The lowest BCUT2D eigenvalue weighted by molar-refractivity contribution is 0.442. The second kappa shape index (κ2) is 5.42. The van der Waals surface area contributed by atoms with Crippen LogP contribution in [0, 0.1) is 18.6 Å². The monoisotopic (exact) mass is 315 g/mol. The molecule has 0 aliphatic carbocycles. The van der Waals surface area contributed by atoms with Crippen LogP contribution in [0.4, 0.5) is 8.78 Å². The van der Waals surface area contributed by atoms with Crippen molar-refractivity contribution in [2.45, 2.75) is 32.9 Å². The highest BCUT2D eigenvalue weighted by atomic mass is 19.2. The molecule has 23 heavy (non-hydrogen) atoms. The third kappa shape index (κ3) is 3.10. The Morgan fingerprint density at radius 1 is 1.09 bits per heavy atom. The molecule has 0 fully saturated rings. The van der Waals surface area contributed by atoms with Gasteiger partial charge in [-0.3, -0.25) is 0 Å². The van der Waals surface area contributed by atoms with Crippen molar-refractivity contribution < 1.29 is 8.78 Å². The third-order valence-corrected chi connectivity index (χ3v) is 3.67. The predicted molar refractivity (Wildman–Crippen MR) is 88.1 cm³/mol. The average molecular weight is 315 g/mol. The van der Waals surface area contributed by atoms with Gasteiger partial charge >= 0.3 is 0 Å². The van der Waals surface area contributed by atoms with Crippen LogP contribution in [-0.4, -0.2) is 15.1 Å². The van der Waals surface area contributed by atoms with E-state index in [1.54, 1.807) is 0 Å². The van der Waals surface area contributed by atoms with Crippen LogP contribution in [0.1, 0.15) is 19.4 Å². The van der Waals surface area contributed by atoms with Crippen LogP contribution >= 0.6 is 0 Å². The van der Waals surface area contributed by atoms with Gasteiger partial charge in [-0.2, -0.15) is 0 Å². The first-order valence-electron chi connectivity index (χ1n) is 7.46. The second-order valence-corrected chi connectivity index (χ2v) is 6.63. The van der Waals surface area contributed by atoms with Gasteiger partial charge in [0, 0.05) is 29.8 Å². The SMILES string of the molecule is Cc1ccc(-c2nc3cc(F)c(F)cc3n2CC(C)(C)N)cc1. The fourth-order valence-electron chi connectivity index (χ4n) is 2.61. The van der Waals surface area contributed by atoms with Gasteiger partial charge in [0.25, 0.3) is 0 Å². The molecular weight excluding hydrogens is 296 g/mol. The highest BCUT2D eigenvalue weighted by Crippen LogP contribution is 2.28. The number of hydrogen-bond donors (Lipinski definition) is 1. The van der Waals surface area contributed by atoms with E-state index in [1.165, 1.54) is 6.07 Å². The van der Waals surface area contributed by atoms with Crippen LogP contribution in [0.25, 0.3) is 22.4 Å². The predicted octanol–water partition coefficient (Wildman–Crippen LogP) is 4.03. The summed E-state index contributed by atoms with van der Waals surface area (Å²) in [6.07, 6.45) is 0. The van der Waals surface area contributed by atoms with Crippen LogP contribution in [0.2, 0.25) is 0 Å². The molecule has 2 N–H and O–H groups in total. The van der Waals surface area contributed by atoms with Gasteiger partial charge < -0.3 is 10.3 Å². The number of aryl methyl sites for hydroxylation is 1. The summed E-state index contributed by atoms with van der Waals surface area (Å²) in [7, 11) is 0. The molecule has 0 saturated heterocycles. The van der Waals surface area contributed by atoms with Crippen molar-refractivity contribution in [3.8, 4) is 11.4 Å². The second-order valence-electron chi connectivity index (χ2n) is 6.63. The summed E-state index contributed by atoms with van der Waals surface area (Å²) in [5, 5.41) is 0. The number of benzene rings is 2. The summed E-state index contributed by atoms with van der Waals surface area (Å²) in [5.74, 6) is -1.13. The topological polar surface area (TPSA) is 43.8 Å². The number of nitrogens with zero attached hydrogens (tertiary/aromatic N) is 2. The molecule has 0 unspecified atom stereocenters. The standard InChI is InChI=1S/C18H19F2N3/c1-11-4-6-12(7-5-11)17-22-15-8-13(19)14(20)9-16(15)23(17)10-18(2,3)21/h4-9H,10,21H2,1-3H3. The number of fused-ring (bicyclic) bond motifs is 1. The van der Waals surface area contributed by atoms with Crippen molar-refractivity contribution in [1.29, 1.82) is 0 Å². The summed E-state index contributed by atoms with van der Waals surface area (Å²) >= 11 is 0. The van der Waals surface area contributed by atoms with Gasteiger partial charge in [0.2, 0.25) is 0 Å². The fourth-order valence-corrected chi connectivity index (χ4v) is 2.61. The van der Waals surface area contributed by atoms with Crippen molar-refractivity contribution in [1.82, 2.24) is 9.55 Å². The van der Waals surface area contributed by atoms with Gasteiger partial charge in [0.1, 0.15) is 5.82 Å². The zero-order valence-corrected chi connectivity index (χ0v) is 13.4. The minimum Gasteiger partial charge on any atom is -0.324 e. The van der Waals surface area contributed by atoms with E-state index in [2.05, 4.69) is 4.98 Å². The third-order valence-electron chi connectivity index (χ3n) is 3.67. The largest absolute Gasteiger partial charge is 0.324 e. The Morgan fingerprint density at radius 3 is 2.30 bits per heavy atom.